The van der Waals surface area contributed by atoms with Gasteiger partial charge in [0.2, 0.25) is 0 Å². The molecular weight excluding hydrogens is 254 g/mol. The van der Waals surface area contributed by atoms with Gasteiger partial charge in [0.1, 0.15) is 0 Å². The van der Waals surface area contributed by atoms with E-state index in [9.17, 15) is 10.1 Å². The first-order chi connectivity index (χ1) is 9.77. The van der Waals surface area contributed by atoms with E-state index in [4.69, 9.17) is 0 Å². The highest BCUT2D eigenvalue weighted by Crippen LogP contribution is 2.33. The summed E-state index contributed by atoms with van der Waals surface area (Å²) in [6.07, 6.45) is 8.20. The van der Waals surface area contributed by atoms with Gasteiger partial charge in [-0.3, -0.25) is 15.1 Å². The van der Waals surface area contributed by atoms with Gasteiger partial charge in [-0.15, -0.1) is 0 Å². The fraction of sp³-hybridized carbons (Fsp3) is 0.400. The molecule has 1 aliphatic heterocycles. The largest absolute Gasteiger partial charge is 0.371 e. The second-order valence-corrected chi connectivity index (χ2v) is 5.18. The maximum Gasteiger partial charge on any atom is 0.278 e. The van der Waals surface area contributed by atoms with E-state index in [-0.39, 0.29) is 10.6 Å². The summed E-state index contributed by atoms with van der Waals surface area (Å²) in [4.78, 5) is 17.2. The van der Waals surface area contributed by atoms with Crippen molar-refractivity contribution in [1.82, 2.24) is 4.98 Å². The van der Waals surface area contributed by atoms with Gasteiger partial charge in [0.05, 0.1) is 10.3 Å². The number of fused-ring (bicyclic) bond motifs is 1. The minimum Gasteiger partial charge on any atom is -0.371 e. The van der Waals surface area contributed by atoms with Crippen molar-refractivity contribution in [2.45, 2.75) is 25.7 Å². The average molecular weight is 271 g/mol. The first kappa shape index (κ1) is 12.8. The van der Waals surface area contributed by atoms with E-state index in [1.807, 2.05) is 12.1 Å². The summed E-state index contributed by atoms with van der Waals surface area (Å²) in [7, 11) is 0. The molecular formula is C15H17N3O2. The van der Waals surface area contributed by atoms with Crippen molar-refractivity contribution in [3.8, 4) is 0 Å². The zero-order valence-electron chi connectivity index (χ0n) is 11.3. The van der Waals surface area contributed by atoms with Crippen LogP contribution in [0.5, 0.6) is 0 Å². The molecule has 0 unspecified atom stereocenters. The van der Waals surface area contributed by atoms with Crippen LogP contribution in [0.15, 0.2) is 30.6 Å². The van der Waals surface area contributed by atoms with Crippen molar-refractivity contribution in [3.63, 3.8) is 0 Å². The zero-order valence-corrected chi connectivity index (χ0v) is 11.3. The number of hydrogen-bond acceptors (Lipinski definition) is 4. The SMILES string of the molecule is O=[N+]([O-])c1ccc(N2CCCCCC2)c2ccncc12. The average Bonchev–Trinajstić information content (AvgIpc) is 2.75. The lowest BCUT2D eigenvalue weighted by atomic mass is 10.1. The highest BCUT2D eigenvalue weighted by molar-refractivity contribution is 5.99. The number of nitro benzene ring substituents is 1. The molecule has 1 aromatic heterocycles. The number of benzene rings is 1. The summed E-state index contributed by atoms with van der Waals surface area (Å²) in [5.41, 5.74) is 1.22. The second kappa shape index (κ2) is 5.45. The van der Waals surface area contributed by atoms with Crippen LogP contribution in [-0.2, 0) is 0 Å². The number of nitro groups is 1. The monoisotopic (exact) mass is 271 g/mol. The Labute approximate surface area is 117 Å². The normalized spacial score (nSPS) is 16.1. The van der Waals surface area contributed by atoms with Gasteiger partial charge < -0.3 is 4.90 Å². The van der Waals surface area contributed by atoms with Crippen molar-refractivity contribution in [1.29, 1.82) is 0 Å². The van der Waals surface area contributed by atoms with E-state index in [2.05, 4.69) is 9.88 Å². The molecule has 5 nitrogen and oxygen atoms in total. The summed E-state index contributed by atoms with van der Waals surface area (Å²) in [6.45, 7) is 2.05. The standard InChI is InChI=1S/C15H17N3O2/c19-18(20)15-6-5-14(12-7-8-16-11-13(12)15)17-9-3-1-2-4-10-17/h5-8,11H,1-4,9-10H2. The first-order valence-electron chi connectivity index (χ1n) is 7.03. The molecule has 0 N–H and O–H groups in total. The minimum atomic E-state index is -0.337. The van der Waals surface area contributed by atoms with E-state index >= 15 is 0 Å². The van der Waals surface area contributed by atoms with Crippen LogP contribution in [0, 0.1) is 10.1 Å². The number of rotatable bonds is 2. The van der Waals surface area contributed by atoms with Gasteiger partial charge in [0, 0.05) is 42.6 Å². The van der Waals surface area contributed by atoms with Gasteiger partial charge in [-0.2, -0.15) is 0 Å². The summed E-state index contributed by atoms with van der Waals surface area (Å²) in [6, 6.07) is 5.36. The first-order valence-corrected chi connectivity index (χ1v) is 7.03. The summed E-state index contributed by atoms with van der Waals surface area (Å²) in [5.74, 6) is 0. The second-order valence-electron chi connectivity index (χ2n) is 5.18. The predicted octanol–water partition coefficient (Wildman–Crippen LogP) is 3.52. The molecule has 2 heterocycles. The van der Waals surface area contributed by atoms with Crippen LogP contribution in [0.4, 0.5) is 11.4 Å². The van der Waals surface area contributed by atoms with E-state index in [1.54, 1.807) is 18.5 Å². The van der Waals surface area contributed by atoms with Gasteiger partial charge in [0.15, 0.2) is 0 Å². The number of aromatic nitrogens is 1. The van der Waals surface area contributed by atoms with E-state index < -0.39 is 0 Å². The molecule has 104 valence electrons. The molecule has 0 amide bonds. The lowest BCUT2D eigenvalue weighted by Crippen LogP contribution is -2.24. The summed E-state index contributed by atoms with van der Waals surface area (Å²) in [5, 5.41) is 12.7. The Bertz CT molecular complexity index is 634. The third-order valence-corrected chi connectivity index (χ3v) is 3.92. The Morgan fingerprint density at radius 3 is 2.50 bits per heavy atom. The van der Waals surface area contributed by atoms with Gasteiger partial charge in [0.25, 0.3) is 5.69 Å². The quantitative estimate of drug-likeness (QED) is 0.619. The Kier molecular flexibility index (Phi) is 3.50. The van der Waals surface area contributed by atoms with Crippen LogP contribution >= 0.6 is 0 Å². The number of anilines is 1. The Morgan fingerprint density at radius 2 is 1.80 bits per heavy atom. The van der Waals surface area contributed by atoms with Crippen molar-refractivity contribution in [3.05, 3.63) is 40.7 Å². The highest BCUT2D eigenvalue weighted by Gasteiger charge is 2.18. The van der Waals surface area contributed by atoms with Crippen LogP contribution in [0.3, 0.4) is 0 Å². The van der Waals surface area contributed by atoms with Crippen molar-refractivity contribution >= 4 is 22.1 Å². The van der Waals surface area contributed by atoms with Crippen LogP contribution in [0.1, 0.15) is 25.7 Å². The van der Waals surface area contributed by atoms with Crippen LogP contribution in [0.25, 0.3) is 10.8 Å². The topological polar surface area (TPSA) is 59.3 Å². The molecule has 1 fully saturated rings. The smallest absolute Gasteiger partial charge is 0.278 e. The van der Waals surface area contributed by atoms with Crippen molar-refractivity contribution in [2.24, 2.45) is 0 Å². The minimum absolute atomic E-state index is 0.131. The third-order valence-electron chi connectivity index (χ3n) is 3.92. The van der Waals surface area contributed by atoms with E-state index in [1.165, 1.54) is 25.7 Å². The lowest BCUT2D eigenvalue weighted by molar-refractivity contribution is -0.383. The molecule has 1 aliphatic rings. The van der Waals surface area contributed by atoms with E-state index in [0.717, 1.165) is 24.2 Å². The molecule has 20 heavy (non-hydrogen) atoms. The van der Waals surface area contributed by atoms with Gasteiger partial charge >= 0.3 is 0 Å². The maximum atomic E-state index is 11.1. The molecule has 2 aromatic rings. The highest BCUT2D eigenvalue weighted by atomic mass is 16.6. The fourth-order valence-corrected chi connectivity index (χ4v) is 2.91. The molecule has 1 aromatic carbocycles. The number of pyridine rings is 1. The molecule has 0 radical (unpaired) electrons. The van der Waals surface area contributed by atoms with Gasteiger partial charge in [-0.1, -0.05) is 12.8 Å². The molecule has 3 rings (SSSR count). The summed E-state index contributed by atoms with van der Waals surface area (Å²) >= 11 is 0. The molecule has 0 spiro atoms. The molecule has 0 aliphatic carbocycles. The van der Waals surface area contributed by atoms with Crippen molar-refractivity contribution < 1.29 is 4.92 Å². The molecule has 1 saturated heterocycles. The predicted molar refractivity (Wildman–Crippen MR) is 79.1 cm³/mol. The van der Waals surface area contributed by atoms with Crippen LogP contribution < -0.4 is 4.90 Å². The van der Waals surface area contributed by atoms with Crippen LogP contribution in [0.2, 0.25) is 0 Å². The molecule has 0 bridgehead atoms. The third kappa shape index (κ3) is 2.31. The molecule has 0 saturated carbocycles. The Morgan fingerprint density at radius 1 is 1.05 bits per heavy atom. The molecule has 5 heteroatoms. The van der Waals surface area contributed by atoms with Gasteiger partial charge in [-0.25, -0.2) is 0 Å². The molecule has 0 atom stereocenters. The lowest BCUT2D eigenvalue weighted by Gasteiger charge is -2.24. The summed E-state index contributed by atoms with van der Waals surface area (Å²) < 4.78 is 0. The van der Waals surface area contributed by atoms with Gasteiger partial charge in [-0.05, 0) is 25.0 Å². The number of non-ortho nitro benzene ring substituents is 1. The Balaban J connectivity index is 2.12. The fourth-order valence-electron chi connectivity index (χ4n) is 2.91. The zero-order chi connectivity index (χ0) is 13.9. The number of hydrogen-bond donors (Lipinski definition) is 0. The van der Waals surface area contributed by atoms with Crippen molar-refractivity contribution in [2.75, 3.05) is 18.0 Å². The Hall–Kier alpha value is -2.17. The maximum absolute atomic E-state index is 11.1. The van der Waals surface area contributed by atoms with E-state index in [0.29, 0.717) is 5.39 Å². The number of nitrogens with zero attached hydrogens (tertiary/aromatic N) is 3. The van der Waals surface area contributed by atoms with Crippen LogP contribution in [-0.4, -0.2) is 23.0 Å².